The van der Waals surface area contributed by atoms with Crippen molar-refractivity contribution in [2.24, 2.45) is 0 Å². The molecule has 0 aliphatic carbocycles. The van der Waals surface area contributed by atoms with Gasteiger partial charge in [0.25, 0.3) is 0 Å². The molecule has 1 unspecified atom stereocenters. The van der Waals surface area contributed by atoms with Crippen LogP contribution in [0.15, 0.2) is 30.9 Å². The van der Waals surface area contributed by atoms with E-state index in [0.29, 0.717) is 0 Å². The van der Waals surface area contributed by atoms with Crippen LogP contribution in [0.2, 0.25) is 0 Å². The van der Waals surface area contributed by atoms with E-state index in [1.54, 1.807) is 12.1 Å². The van der Waals surface area contributed by atoms with Gasteiger partial charge >= 0.3 is 0 Å². The molecule has 0 N–H and O–H groups in total. The summed E-state index contributed by atoms with van der Waals surface area (Å²) < 4.78 is 25.1. The highest BCUT2D eigenvalue weighted by atomic mass is 19.2. The number of benzene rings is 1. The Morgan fingerprint density at radius 1 is 1.33 bits per heavy atom. The molecule has 0 nitrogen and oxygen atoms in total. The van der Waals surface area contributed by atoms with Crippen molar-refractivity contribution in [3.63, 3.8) is 0 Å². The molecule has 1 rings (SSSR count). The zero-order chi connectivity index (χ0) is 9.14. The van der Waals surface area contributed by atoms with Gasteiger partial charge in [-0.3, -0.25) is 0 Å². The predicted molar refractivity (Wildman–Crippen MR) is 45.0 cm³/mol. The third-order valence-electron chi connectivity index (χ3n) is 1.82. The Hall–Kier alpha value is -1.18. The minimum Gasteiger partial charge on any atom is -0.204 e. The first-order valence-electron chi connectivity index (χ1n) is 3.72. The molecular formula is C10H10F2. The molecule has 1 aromatic carbocycles. The van der Waals surface area contributed by atoms with Gasteiger partial charge in [-0.05, 0) is 23.6 Å². The van der Waals surface area contributed by atoms with Crippen molar-refractivity contribution in [1.82, 2.24) is 0 Å². The molecule has 1 atom stereocenters. The summed E-state index contributed by atoms with van der Waals surface area (Å²) >= 11 is 0. The van der Waals surface area contributed by atoms with E-state index in [-0.39, 0.29) is 5.92 Å². The Bertz CT molecular complexity index is 292. The molecule has 0 radical (unpaired) electrons. The van der Waals surface area contributed by atoms with Gasteiger partial charge in [-0.2, -0.15) is 0 Å². The summed E-state index contributed by atoms with van der Waals surface area (Å²) in [6.45, 7) is 5.45. The normalized spacial score (nSPS) is 12.6. The van der Waals surface area contributed by atoms with Crippen molar-refractivity contribution >= 4 is 0 Å². The number of hydrogen-bond acceptors (Lipinski definition) is 0. The molecule has 0 heterocycles. The summed E-state index contributed by atoms with van der Waals surface area (Å²) in [6, 6.07) is 3.89. The maximum atomic E-state index is 12.7. The topological polar surface area (TPSA) is 0 Å². The van der Waals surface area contributed by atoms with Crippen LogP contribution in [0.4, 0.5) is 8.78 Å². The zero-order valence-corrected chi connectivity index (χ0v) is 6.85. The Labute approximate surface area is 70.5 Å². The van der Waals surface area contributed by atoms with E-state index >= 15 is 0 Å². The molecule has 1 aromatic rings. The van der Waals surface area contributed by atoms with Crippen LogP contribution in [0.1, 0.15) is 18.4 Å². The molecule has 0 saturated carbocycles. The Balaban J connectivity index is 3.04. The molecule has 0 saturated heterocycles. The standard InChI is InChI=1S/C10H10F2/c1-3-7(2)8-4-5-9(11)10(12)6-8/h3-7H,1H2,2H3. The minimum absolute atomic E-state index is 0.0556. The second-order valence-electron chi connectivity index (χ2n) is 2.70. The number of hydrogen-bond donors (Lipinski definition) is 0. The van der Waals surface area contributed by atoms with E-state index in [0.717, 1.165) is 11.6 Å². The summed E-state index contributed by atoms with van der Waals surface area (Å²) in [7, 11) is 0. The van der Waals surface area contributed by atoms with E-state index in [1.807, 2.05) is 6.92 Å². The van der Waals surface area contributed by atoms with Gasteiger partial charge in [-0.15, -0.1) is 6.58 Å². The molecule has 12 heavy (non-hydrogen) atoms. The van der Waals surface area contributed by atoms with Crippen LogP contribution in [0.5, 0.6) is 0 Å². The van der Waals surface area contributed by atoms with Gasteiger partial charge in [-0.1, -0.05) is 19.1 Å². The number of rotatable bonds is 2. The maximum Gasteiger partial charge on any atom is 0.159 e. The molecule has 0 amide bonds. The summed E-state index contributed by atoms with van der Waals surface area (Å²) in [4.78, 5) is 0. The van der Waals surface area contributed by atoms with Crippen LogP contribution in [0.3, 0.4) is 0 Å². The van der Waals surface area contributed by atoms with Gasteiger partial charge in [0.05, 0.1) is 0 Å². The highest BCUT2D eigenvalue weighted by Crippen LogP contribution is 2.18. The van der Waals surface area contributed by atoms with E-state index in [2.05, 4.69) is 6.58 Å². The second kappa shape index (κ2) is 3.48. The van der Waals surface area contributed by atoms with E-state index in [4.69, 9.17) is 0 Å². The lowest BCUT2D eigenvalue weighted by molar-refractivity contribution is 0.506. The van der Waals surface area contributed by atoms with E-state index in [1.165, 1.54) is 6.07 Å². The van der Waals surface area contributed by atoms with Crippen LogP contribution in [-0.4, -0.2) is 0 Å². The minimum atomic E-state index is -0.810. The third kappa shape index (κ3) is 1.70. The fourth-order valence-corrected chi connectivity index (χ4v) is 0.932. The molecule has 0 fully saturated rings. The Morgan fingerprint density at radius 2 is 2.00 bits per heavy atom. The lowest BCUT2D eigenvalue weighted by atomic mass is 10.0. The molecule has 0 bridgehead atoms. The fraction of sp³-hybridized carbons (Fsp3) is 0.200. The Kier molecular flexibility index (Phi) is 2.58. The average molecular weight is 168 g/mol. The first-order chi connectivity index (χ1) is 5.65. The first kappa shape index (κ1) is 8.91. The molecule has 0 aromatic heterocycles. The monoisotopic (exact) mass is 168 g/mol. The summed E-state index contributed by atoms with van der Waals surface area (Å²) in [6.07, 6.45) is 1.69. The third-order valence-corrected chi connectivity index (χ3v) is 1.82. The van der Waals surface area contributed by atoms with Gasteiger partial charge < -0.3 is 0 Å². The molecular weight excluding hydrogens is 158 g/mol. The van der Waals surface area contributed by atoms with Crippen LogP contribution in [0.25, 0.3) is 0 Å². The summed E-state index contributed by atoms with van der Waals surface area (Å²) in [5.41, 5.74) is 0.740. The maximum absolute atomic E-state index is 12.7. The number of halogens is 2. The van der Waals surface area contributed by atoms with Crippen molar-refractivity contribution in [1.29, 1.82) is 0 Å². The van der Waals surface area contributed by atoms with Crippen molar-refractivity contribution in [3.05, 3.63) is 48.1 Å². The predicted octanol–water partition coefficient (Wildman–Crippen LogP) is 3.25. The quantitative estimate of drug-likeness (QED) is 0.594. The van der Waals surface area contributed by atoms with Crippen LogP contribution in [-0.2, 0) is 0 Å². The fourth-order valence-electron chi connectivity index (χ4n) is 0.932. The highest BCUT2D eigenvalue weighted by Gasteiger charge is 2.05. The smallest absolute Gasteiger partial charge is 0.159 e. The second-order valence-corrected chi connectivity index (χ2v) is 2.70. The SMILES string of the molecule is C=CC(C)c1ccc(F)c(F)c1. The van der Waals surface area contributed by atoms with Crippen molar-refractivity contribution in [2.45, 2.75) is 12.8 Å². The zero-order valence-electron chi connectivity index (χ0n) is 6.85. The molecule has 2 heteroatoms. The largest absolute Gasteiger partial charge is 0.204 e. The molecule has 64 valence electrons. The van der Waals surface area contributed by atoms with Crippen molar-refractivity contribution in [2.75, 3.05) is 0 Å². The summed E-state index contributed by atoms with van der Waals surface area (Å²) in [5.74, 6) is -1.56. The Morgan fingerprint density at radius 3 is 2.50 bits per heavy atom. The van der Waals surface area contributed by atoms with Gasteiger partial charge in [-0.25, -0.2) is 8.78 Å². The molecule has 0 spiro atoms. The molecule has 0 aliphatic rings. The molecule has 0 aliphatic heterocycles. The average Bonchev–Trinajstić information content (AvgIpc) is 2.08. The lowest BCUT2D eigenvalue weighted by Gasteiger charge is -2.05. The van der Waals surface area contributed by atoms with Crippen LogP contribution >= 0.6 is 0 Å². The van der Waals surface area contributed by atoms with Gasteiger partial charge in [0, 0.05) is 0 Å². The van der Waals surface area contributed by atoms with Crippen molar-refractivity contribution < 1.29 is 8.78 Å². The van der Waals surface area contributed by atoms with E-state index < -0.39 is 11.6 Å². The highest BCUT2D eigenvalue weighted by molar-refractivity contribution is 5.23. The van der Waals surface area contributed by atoms with Gasteiger partial charge in [0.2, 0.25) is 0 Å². The van der Waals surface area contributed by atoms with Gasteiger partial charge in [0.15, 0.2) is 11.6 Å². The van der Waals surface area contributed by atoms with E-state index in [9.17, 15) is 8.78 Å². The van der Waals surface area contributed by atoms with Crippen LogP contribution in [0, 0.1) is 11.6 Å². The van der Waals surface area contributed by atoms with Gasteiger partial charge in [0.1, 0.15) is 0 Å². The van der Waals surface area contributed by atoms with Crippen molar-refractivity contribution in [3.8, 4) is 0 Å². The summed E-state index contributed by atoms with van der Waals surface area (Å²) in [5, 5.41) is 0. The first-order valence-corrected chi connectivity index (χ1v) is 3.72. The lowest BCUT2D eigenvalue weighted by Crippen LogP contribution is -1.91. The van der Waals surface area contributed by atoms with Crippen LogP contribution < -0.4 is 0 Å². The number of allylic oxidation sites excluding steroid dienone is 1.